The Morgan fingerprint density at radius 3 is 2.62 bits per heavy atom. The molecule has 0 aliphatic rings. The van der Waals surface area contributed by atoms with Crippen LogP contribution in [-0.2, 0) is 0 Å². The van der Waals surface area contributed by atoms with Gasteiger partial charge in [-0.1, -0.05) is 6.07 Å². The SMILES string of the molecule is Cc1ccc(C(=O)NC(C)(C)C#N)c(Br)c1. The topological polar surface area (TPSA) is 52.9 Å². The summed E-state index contributed by atoms with van der Waals surface area (Å²) < 4.78 is 0.735. The van der Waals surface area contributed by atoms with E-state index in [2.05, 4.69) is 21.2 Å². The number of halogens is 1. The Balaban J connectivity index is 2.95. The van der Waals surface area contributed by atoms with Crippen molar-refractivity contribution in [1.29, 1.82) is 5.26 Å². The highest BCUT2D eigenvalue weighted by molar-refractivity contribution is 9.10. The molecule has 0 radical (unpaired) electrons. The van der Waals surface area contributed by atoms with Gasteiger partial charge in [0.2, 0.25) is 0 Å². The van der Waals surface area contributed by atoms with Gasteiger partial charge in [0, 0.05) is 4.47 Å². The maximum Gasteiger partial charge on any atom is 0.253 e. The van der Waals surface area contributed by atoms with Gasteiger partial charge in [-0.3, -0.25) is 4.79 Å². The molecule has 0 atom stereocenters. The average molecular weight is 281 g/mol. The molecule has 1 amide bonds. The van der Waals surface area contributed by atoms with Crippen molar-refractivity contribution in [2.24, 2.45) is 0 Å². The van der Waals surface area contributed by atoms with Crippen molar-refractivity contribution in [3.63, 3.8) is 0 Å². The second-order valence-electron chi connectivity index (χ2n) is 4.17. The molecule has 0 fully saturated rings. The molecule has 0 saturated carbocycles. The van der Waals surface area contributed by atoms with E-state index in [1.807, 2.05) is 25.1 Å². The zero-order valence-electron chi connectivity index (χ0n) is 9.47. The third kappa shape index (κ3) is 3.07. The van der Waals surface area contributed by atoms with Crippen LogP contribution in [0.2, 0.25) is 0 Å². The van der Waals surface area contributed by atoms with E-state index < -0.39 is 5.54 Å². The first kappa shape index (κ1) is 12.7. The monoisotopic (exact) mass is 280 g/mol. The fraction of sp³-hybridized carbons (Fsp3) is 0.333. The predicted octanol–water partition coefficient (Wildman–Crippen LogP) is 2.79. The molecule has 0 unspecified atom stereocenters. The van der Waals surface area contributed by atoms with Crippen LogP contribution in [-0.4, -0.2) is 11.4 Å². The number of benzene rings is 1. The van der Waals surface area contributed by atoms with Gasteiger partial charge in [0.1, 0.15) is 5.54 Å². The van der Waals surface area contributed by atoms with Crippen LogP contribution < -0.4 is 5.32 Å². The molecule has 1 aromatic carbocycles. The van der Waals surface area contributed by atoms with Crippen molar-refractivity contribution in [2.75, 3.05) is 0 Å². The largest absolute Gasteiger partial charge is 0.334 e. The summed E-state index contributed by atoms with van der Waals surface area (Å²) in [6.45, 7) is 5.27. The Morgan fingerprint density at radius 2 is 2.12 bits per heavy atom. The van der Waals surface area contributed by atoms with Gasteiger partial charge in [-0.25, -0.2) is 0 Å². The highest BCUT2D eigenvalue weighted by Gasteiger charge is 2.21. The number of amides is 1. The second kappa shape index (κ2) is 4.67. The van der Waals surface area contributed by atoms with Crippen LogP contribution in [0.1, 0.15) is 29.8 Å². The van der Waals surface area contributed by atoms with Crippen LogP contribution in [0.4, 0.5) is 0 Å². The van der Waals surface area contributed by atoms with Gasteiger partial charge in [0.05, 0.1) is 11.6 Å². The molecule has 0 aliphatic heterocycles. The summed E-state index contributed by atoms with van der Waals surface area (Å²) >= 11 is 3.33. The fourth-order valence-electron chi connectivity index (χ4n) is 1.18. The van der Waals surface area contributed by atoms with Crippen LogP contribution in [0.5, 0.6) is 0 Å². The molecule has 0 spiro atoms. The molecule has 1 aromatic rings. The normalized spacial score (nSPS) is 10.7. The van der Waals surface area contributed by atoms with Gasteiger partial charge >= 0.3 is 0 Å². The molecule has 84 valence electrons. The van der Waals surface area contributed by atoms with Crippen molar-refractivity contribution in [3.05, 3.63) is 33.8 Å². The van der Waals surface area contributed by atoms with Crippen molar-refractivity contribution in [1.82, 2.24) is 5.32 Å². The minimum atomic E-state index is -0.860. The van der Waals surface area contributed by atoms with Crippen LogP contribution >= 0.6 is 15.9 Å². The summed E-state index contributed by atoms with van der Waals surface area (Å²) in [7, 11) is 0. The van der Waals surface area contributed by atoms with E-state index in [1.54, 1.807) is 19.9 Å². The number of hydrogen-bond donors (Lipinski definition) is 1. The third-order valence-electron chi connectivity index (χ3n) is 2.07. The molecule has 4 heteroatoms. The van der Waals surface area contributed by atoms with E-state index >= 15 is 0 Å². The summed E-state index contributed by atoms with van der Waals surface area (Å²) in [5, 5.41) is 11.5. The fourth-order valence-corrected chi connectivity index (χ4v) is 1.86. The lowest BCUT2D eigenvalue weighted by atomic mass is 10.1. The molecule has 3 nitrogen and oxygen atoms in total. The lowest BCUT2D eigenvalue weighted by molar-refractivity contribution is 0.0928. The minimum absolute atomic E-state index is 0.251. The van der Waals surface area contributed by atoms with Crippen molar-refractivity contribution in [3.8, 4) is 6.07 Å². The zero-order valence-corrected chi connectivity index (χ0v) is 11.1. The summed E-state index contributed by atoms with van der Waals surface area (Å²) in [4.78, 5) is 11.9. The van der Waals surface area contributed by atoms with E-state index in [9.17, 15) is 4.79 Å². The second-order valence-corrected chi connectivity index (χ2v) is 5.03. The van der Waals surface area contributed by atoms with Crippen LogP contribution in [0.25, 0.3) is 0 Å². The molecule has 0 aromatic heterocycles. The number of nitriles is 1. The molecule has 1 N–H and O–H groups in total. The Hall–Kier alpha value is -1.34. The summed E-state index contributed by atoms with van der Waals surface area (Å²) in [5.41, 5.74) is 0.749. The molecular weight excluding hydrogens is 268 g/mol. The smallest absolute Gasteiger partial charge is 0.253 e. The van der Waals surface area contributed by atoms with Crippen molar-refractivity contribution >= 4 is 21.8 Å². The van der Waals surface area contributed by atoms with Gasteiger partial charge in [-0.05, 0) is 54.4 Å². The molecular formula is C12H13BrN2O. The molecule has 0 heterocycles. The Bertz CT molecular complexity index is 461. The molecule has 1 rings (SSSR count). The van der Waals surface area contributed by atoms with Crippen LogP contribution in [0.3, 0.4) is 0 Å². The number of hydrogen-bond acceptors (Lipinski definition) is 2. The number of aryl methyl sites for hydroxylation is 1. The Labute approximate surface area is 104 Å². The number of carbonyl (C=O) groups is 1. The van der Waals surface area contributed by atoms with Crippen LogP contribution in [0, 0.1) is 18.3 Å². The Kier molecular flexibility index (Phi) is 3.71. The Morgan fingerprint density at radius 1 is 1.50 bits per heavy atom. The van der Waals surface area contributed by atoms with Gasteiger partial charge in [0.15, 0.2) is 0 Å². The van der Waals surface area contributed by atoms with E-state index in [0.717, 1.165) is 10.0 Å². The van der Waals surface area contributed by atoms with E-state index in [0.29, 0.717) is 5.56 Å². The first-order chi connectivity index (χ1) is 7.35. The lowest BCUT2D eigenvalue weighted by Gasteiger charge is -2.18. The molecule has 0 saturated heterocycles. The molecule has 16 heavy (non-hydrogen) atoms. The maximum atomic E-state index is 11.9. The number of nitrogens with one attached hydrogen (secondary N) is 1. The number of rotatable bonds is 2. The first-order valence-electron chi connectivity index (χ1n) is 4.85. The number of nitrogens with zero attached hydrogens (tertiary/aromatic N) is 1. The molecule has 0 bridgehead atoms. The quantitative estimate of drug-likeness (QED) is 0.906. The first-order valence-corrected chi connectivity index (χ1v) is 5.65. The highest BCUT2D eigenvalue weighted by atomic mass is 79.9. The van der Waals surface area contributed by atoms with E-state index in [1.165, 1.54) is 0 Å². The summed E-state index contributed by atoms with van der Waals surface area (Å²) in [6.07, 6.45) is 0. The standard InChI is InChI=1S/C12H13BrN2O/c1-8-4-5-9(10(13)6-8)11(16)15-12(2,3)7-14/h4-6H,1-3H3,(H,15,16). The van der Waals surface area contributed by atoms with Gasteiger partial charge in [-0.15, -0.1) is 0 Å². The third-order valence-corrected chi connectivity index (χ3v) is 2.73. The van der Waals surface area contributed by atoms with Gasteiger partial charge < -0.3 is 5.32 Å². The van der Waals surface area contributed by atoms with E-state index in [-0.39, 0.29) is 5.91 Å². The van der Waals surface area contributed by atoms with Crippen LogP contribution in [0.15, 0.2) is 22.7 Å². The minimum Gasteiger partial charge on any atom is -0.334 e. The predicted molar refractivity (Wildman–Crippen MR) is 66.0 cm³/mol. The van der Waals surface area contributed by atoms with Crippen molar-refractivity contribution in [2.45, 2.75) is 26.3 Å². The van der Waals surface area contributed by atoms with Gasteiger partial charge in [-0.2, -0.15) is 5.26 Å². The average Bonchev–Trinajstić information content (AvgIpc) is 2.16. The van der Waals surface area contributed by atoms with E-state index in [4.69, 9.17) is 5.26 Å². The summed E-state index contributed by atoms with van der Waals surface area (Å²) in [5.74, 6) is -0.251. The van der Waals surface area contributed by atoms with Gasteiger partial charge in [0.25, 0.3) is 5.91 Å². The highest BCUT2D eigenvalue weighted by Crippen LogP contribution is 2.18. The zero-order chi connectivity index (χ0) is 12.3. The summed E-state index contributed by atoms with van der Waals surface area (Å²) in [6, 6.07) is 7.49. The maximum absolute atomic E-state index is 11.9. The lowest BCUT2D eigenvalue weighted by Crippen LogP contribution is -2.42. The van der Waals surface area contributed by atoms with Crippen molar-refractivity contribution < 1.29 is 4.79 Å². The molecule has 0 aliphatic carbocycles. The number of carbonyl (C=O) groups excluding carboxylic acids is 1.